The first-order valence-corrected chi connectivity index (χ1v) is 7.44. The number of amides is 1. The average molecular weight is 314 g/mol. The molecule has 0 saturated heterocycles. The third-order valence-electron chi connectivity index (χ3n) is 2.97. The van der Waals surface area contributed by atoms with Gasteiger partial charge in [-0.15, -0.1) is 0 Å². The molecule has 2 aromatic heterocycles. The maximum absolute atomic E-state index is 12.2. The molecule has 2 heterocycles. The van der Waals surface area contributed by atoms with Crippen LogP contribution in [-0.4, -0.2) is 20.6 Å². The zero-order valence-electron chi connectivity index (χ0n) is 12.1. The van der Waals surface area contributed by atoms with Gasteiger partial charge in [-0.2, -0.15) is 0 Å². The van der Waals surface area contributed by atoms with Gasteiger partial charge in [0, 0.05) is 30.4 Å². The van der Waals surface area contributed by atoms with Crippen LogP contribution in [0.3, 0.4) is 0 Å². The highest BCUT2D eigenvalue weighted by Crippen LogP contribution is 2.32. The molecule has 22 heavy (non-hydrogen) atoms. The molecule has 0 aliphatic rings. The highest BCUT2D eigenvalue weighted by molar-refractivity contribution is 7.99. The van der Waals surface area contributed by atoms with Gasteiger partial charge < -0.3 is 14.4 Å². The number of nitrogens with zero attached hydrogens (tertiary/aromatic N) is 3. The van der Waals surface area contributed by atoms with Crippen molar-refractivity contribution in [2.24, 2.45) is 7.05 Å². The van der Waals surface area contributed by atoms with Crippen LogP contribution in [0, 0.1) is 6.92 Å². The second kappa shape index (κ2) is 6.07. The molecule has 0 atom stereocenters. The number of carbonyl (C=O) groups excluding carboxylic acids is 1. The second-order valence-corrected chi connectivity index (χ2v) is 5.70. The van der Waals surface area contributed by atoms with E-state index in [9.17, 15) is 4.79 Å². The summed E-state index contributed by atoms with van der Waals surface area (Å²) in [5.41, 5.74) is 0.968. The van der Waals surface area contributed by atoms with Crippen LogP contribution in [0.25, 0.3) is 0 Å². The average Bonchev–Trinajstić information content (AvgIpc) is 3.10. The van der Waals surface area contributed by atoms with Gasteiger partial charge in [0.25, 0.3) is 5.91 Å². The molecule has 0 aliphatic carbocycles. The number of hydrogen-bond donors (Lipinski definition) is 1. The van der Waals surface area contributed by atoms with Gasteiger partial charge in [0.2, 0.25) is 0 Å². The van der Waals surface area contributed by atoms with Crippen LogP contribution >= 0.6 is 11.8 Å². The number of aryl methyl sites for hydroxylation is 2. The van der Waals surface area contributed by atoms with Gasteiger partial charge in [-0.1, -0.05) is 17.3 Å². The number of imidazole rings is 1. The van der Waals surface area contributed by atoms with E-state index in [0.29, 0.717) is 11.4 Å². The number of para-hydroxylation sites is 1. The number of rotatable bonds is 4. The van der Waals surface area contributed by atoms with E-state index in [1.165, 1.54) is 11.8 Å². The summed E-state index contributed by atoms with van der Waals surface area (Å²) in [5.74, 6) is 0.297. The lowest BCUT2D eigenvalue weighted by Crippen LogP contribution is -2.12. The van der Waals surface area contributed by atoms with Crippen molar-refractivity contribution in [2.45, 2.75) is 17.0 Å². The zero-order chi connectivity index (χ0) is 15.5. The lowest BCUT2D eigenvalue weighted by molar-refractivity contribution is 0.101. The first-order chi connectivity index (χ1) is 10.6. The minimum Gasteiger partial charge on any atom is -0.361 e. The molecule has 3 aromatic rings. The Morgan fingerprint density at radius 2 is 2.18 bits per heavy atom. The van der Waals surface area contributed by atoms with Crippen molar-refractivity contribution in [3.8, 4) is 0 Å². The van der Waals surface area contributed by atoms with Crippen molar-refractivity contribution >= 4 is 23.4 Å². The van der Waals surface area contributed by atoms with Gasteiger partial charge >= 0.3 is 0 Å². The summed E-state index contributed by atoms with van der Waals surface area (Å²) in [6.45, 7) is 1.74. The number of hydrogen-bond acceptors (Lipinski definition) is 5. The lowest BCUT2D eigenvalue weighted by Gasteiger charge is -2.09. The molecule has 0 spiro atoms. The van der Waals surface area contributed by atoms with E-state index in [0.717, 1.165) is 10.1 Å². The summed E-state index contributed by atoms with van der Waals surface area (Å²) in [6.07, 6.45) is 3.61. The minimum atomic E-state index is -0.301. The van der Waals surface area contributed by atoms with Crippen LogP contribution in [-0.2, 0) is 7.05 Å². The topological polar surface area (TPSA) is 73.0 Å². The molecule has 7 heteroatoms. The fourth-order valence-electron chi connectivity index (χ4n) is 1.87. The molecule has 0 fully saturated rings. The highest BCUT2D eigenvalue weighted by Gasteiger charge is 2.14. The Labute approximate surface area is 131 Å². The maximum Gasteiger partial charge on any atom is 0.277 e. The van der Waals surface area contributed by atoms with Crippen molar-refractivity contribution in [2.75, 3.05) is 5.32 Å². The monoisotopic (exact) mass is 314 g/mol. The smallest absolute Gasteiger partial charge is 0.277 e. The van der Waals surface area contributed by atoms with Gasteiger partial charge in [0.1, 0.15) is 5.76 Å². The van der Waals surface area contributed by atoms with E-state index in [-0.39, 0.29) is 11.6 Å². The normalized spacial score (nSPS) is 10.6. The quantitative estimate of drug-likeness (QED) is 0.801. The fourth-order valence-corrected chi connectivity index (χ4v) is 2.76. The molecule has 1 N–H and O–H groups in total. The zero-order valence-corrected chi connectivity index (χ0v) is 12.9. The van der Waals surface area contributed by atoms with E-state index in [2.05, 4.69) is 15.5 Å². The van der Waals surface area contributed by atoms with E-state index in [1.54, 1.807) is 19.2 Å². The van der Waals surface area contributed by atoms with Gasteiger partial charge in [0.15, 0.2) is 10.9 Å². The summed E-state index contributed by atoms with van der Waals surface area (Å²) < 4.78 is 6.85. The number of benzene rings is 1. The Morgan fingerprint density at radius 1 is 1.36 bits per heavy atom. The van der Waals surface area contributed by atoms with Crippen molar-refractivity contribution in [1.82, 2.24) is 14.7 Å². The van der Waals surface area contributed by atoms with Gasteiger partial charge in [0.05, 0.1) is 5.69 Å². The third-order valence-corrected chi connectivity index (χ3v) is 4.13. The molecule has 0 radical (unpaired) electrons. The van der Waals surface area contributed by atoms with E-state index in [1.807, 2.05) is 42.1 Å². The minimum absolute atomic E-state index is 0.259. The lowest BCUT2D eigenvalue weighted by atomic mass is 10.3. The number of carbonyl (C=O) groups is 1. The predicted molar refractivity (Wildman–Crippen MR) is 83.0 cm³/mol. The van der Waals surface area contributed by atoms with Gasteiger partial charge in [-0.3, -0.25) is 4.79 Å². The van der Waals surface area contributed by atoms with Crippen LogP contribution in [0.1, 0.15) is 16.2 Å². The van der Waals surface area contributed by atoms with Crippen LogP contribution in [0.2, 0.25) is 0 Å². The fraction of sp³-hybridized carbons (Fsp3) is 0.133. The molecule has 0 bridgehead atoms. The summed E-state index contributed by atoms with van der Waals surface area (Å²) in [6, 6.07) is 9.16. The van der Waals surface area contributed by atoms with Crippen LogP contribution < -0.4 is 5.32 Å². The van der Waals surface area contributed by atoms with Crippen molar-refractivity contribution in [3.05, 3.63) is 54.2 Å². The Kier molecular flexibility index (Phi) is 3.97. The summed E-state index contributed by atoms with van der Waals surface area (Å²) in [5, 5.41) is 7.42. The summed E-state index contributed by atoms with van der Waals surface area (Å²) >= 11 is 1.48. The summed E-state index contributed by atoms with van der Waals surface area (Å²) in [7, 11) is 1.93. The first kappa shape index (κ1) is 14.4. The Bertz CT molecular complexity index is 809. The maximum atomic E-state index is 12.2. The molecule has 1 amide bonds. The number of aromatic nitrogens is 3. The van der Waals surface area contributed by atoms with Crippen molar-refractivity contribution < 1.29 is 9.32 Å². The highest BCUT2D eigenvalue weighted by atomic mass is 32.2. The van der Waals surface area contributed by atoms with Crippen LogP contribution in [0.5, 0.6) is 0 Å². The molecular weight excluding hydrogens is 300 g/mol. The Hall–Kier alpha value is -2.54. The second-order valence-electron chi connectivity index (χ2n) is 4.70. The van der Waals surface area contributed by atoms with E-state index >= 15 is 0 Å². The molecule has 3 rings (SSSR count). The molecule has 6 nitrogen and oxygen atoms in total. The van der Waals surface area contributed by atoms with Gasteiger partial charge in [-0.25, -0.2) is 4.98 Å². The van der Waals surface area contributed by atoms with Gasteiger partial charge in [-0.05, 0) is 30.8 Å². The molecule has 0 aliphatic heterocycles. The SMILES string of the molecule is Cc1cc(C(=O)Nc2ccccc2Sc2nccn2C)no1. The standard InChI is InChI=1S/C15H14N4O2S/c1-10-9-12(18-21-10)14(20)17-11-5-3-4-6-13(11)22-15-16-7-8-19(15)2/h3-9H,1-2H3,(H,17,20). The molecule has 0 unspecified atom stereocenters. The van der Waals surface area contributed by atoms with Crippen molar-refractivity contribution in [3.63, 3.8) is 0 Å². The molecular formula is C15H14N4O2S. The summed E-state index contributed by atoms with van der Waals surface area (Å²) in [4.78, 5) is 17.4. The molecule has 0 saturated carbocycles. The van der Waals surface area contributed by atoms with E-state index in [4.69, 9.17) is 4.52 Å². The largest absolute Gasteiger partial charge is 0.361 e. The number of nitrogens with one attached hydrogen (secondary N) is 1. The van der Waals surface area contributed by atoms with E-state index < -0.39 is 0 Å². The first-order valence-electron chi connectivity index (χ1n) is 6.62. The predicted octanol–water partition coefficient (Wildman–Crippen LogP) is 3.12. The van der Waals surface area contributed by atoms with Crippen LogP contribution in [0.4, 0.5) is 5.69 Å². The van der Waals surface area contributed by atoms with Crippen molar-refractivity contribution in [1.29, 1.82) is 0 Å². The number of anilines is 1. The molecule has 112 valence electrons. The Morgan fingerprint density at radius 3 is 2.86 bits per heavy atom. The Balaban J connectivity index is 1.82. The van der Waals surface area contributed by atoms with Crippen LogP contribution in [0.15, 0.2) is 57.3 Å². The third kappa shape index (κ3) is 3.04. The molecule has 1 aromatic carbocycles.